The number of hydrogen-bond donors (Lipinski definition) is 2. The average Bonchev–Trinajstić information content (AvgIpc) is 2.83. The molecule has 0 spiro atoms. The quantitative estimate of drug-likeness (QED) is 0.318. The van der Waals surface area contributed by atoms with Gasteiger partial charge in [0.1, 0.15) is 12.5 Å². The Labute approximate surface area is 203 Å². The highest BCUT2D eigenvalue weighted by atomic mass is 16.6. The summed E-state index contributed by atoms with van der Waals surface area (Å²) in [5.74, 6) is -3.97. The molecule has 2 N–H and O–H groups in total. The zero-order valence-electron chi connectivity index (χ0n) is 20.7. The molecular formula is C25H31NO9. The van der Waals surface area contributed by atoms with E-state index in [0.717, 1.165) is 0 Å². The van der Waals surface area contributed by atoms with Crippen LogP contribution in [0.4, 0.5) is 0 Å². The Hall–Kier alpha value is -3.53. The zero-order valence-corrected chi connectivity index (χ0v) is 20.7. The van der Waals surface area contributed by atoms with Gasteiger partial charge in [0.25, 0.3) is 0 Å². The van der Waals surface area contributed by atoms with Crippen LogP contribution >= 0.6 is 0 Å². The fraction of sp³-hybridized carbons (Fsp3) is 0.480. The van der Waals surface area contributed by atoms with Crippen molar-refractivity contribution in [2.45, 2.75) is 26.2 Å². The maximum Gasteiger partial charge on any atom is 0.336 e. The van der Waals surface area contributed by atoms with Crippen LogP contribution in [0.25, 0.3) is 0 Å². The number of ether oxygens (including phenoxy) is 5. The monoisotopic (exact) mass is 489 g/mol. The van der Waals surface area contributed by atoms with Gasteiger partial charge in [-0.05, 0) is 37.0 Å². The van der Waals surface area contributed by atoms with Gasteiger partial charge in [0.15, 0.2) is 17.3 Å². The van der Waals surface area contributed by atoms with Gasteiger partial charge in [-0.1, -0.05) is 6.92 Å². The van der Waals surface area contributed by atoms with Gasteiger partial charge in [-0.2, -0.15) is 0 Å². The molecule has 10 heteroatoms. The third-order valence-corrected chi connectivity index (χ3v) is 6.32. The molecule has 0 bridgehead atoms. The SMILES string of the molecule is COCCOC(=O)C1=C(C)NC2=C(C(=O)[C@H](C(=O)OC)[C@H](C)C2)[C@@H]1c1cc(OC)c(O)c(OC)c1. The number of nitrogens with one attached hydrogen (secondary N) is 1. The number of rotatable bonds is 8. The Bertz CT molecular complexity index is 1060. The van der Waals surface area contributed by atoms with Crippen LogP contribution in [0, 0.1) is 11.8 Å². The molecule has 1 aromatic rings. The van der Waals surface area contributed by atoms with E-state index in [-0.39, 0.29) is 47.5 Å². The molecule has 0 unspecified atom stereocenters. The number of allylic oxidation sites excluding steroid dienone is 3. The highest BCUT2D eigenvalue weighted by molar-refractivity contribution is 6.12. The molecule has 0 saturated carbocycles. The minimum absolute atomic E-state index is 0.0166. The smallest absolute Gasteiger partial charge is 0.336 e. The highest BCUT2D eigenvalue weighted by Crippen LogP contribution is 2.48. The van der Waals surface area contributed by atoms with Crippen molar-refractivity contribution < 1.29 is 43.2 Å². The van der Waals surface area contributed by atoms with Crippen LogP contribution in [0.1, 0.15) is 31.7 Å². The Balaban J connectivity index is 2.23. The fourth-order valence-corrected chi connectivity index (χ4v) is 4.66. The third kappa shape index (κ3) is 4.84. The number of aromatic hydroxyl groups is 1. The number of esters is 2. The van der Waals surface area contributed by atoms with Crippen LogP contribution in [-0.2, 0) is 28.6 Å². The first-order valence-electron chi connectivity index (χ1n) is 11.1. The van der Waals surface area contributed by atoms with E-state index in [2.05, 4.69) is 5.32 Å². The molecule has 0 aromatic heterocycles. The van der Waals surface area contributed by atoms with Gasteiger partial charge in [0.05, 0.1) is 33.5 Å². The van der Waals surface area contributed by atoms with Crippen LogP contribution in [0.2, 0.25) is 0 Å². The van der Waals surface area contributed by atoms with Crippen LogP contribution in [0.3, 0.4) is 0 Å². The van der Waals surface area contributed by atoms with Crippen molar-refractivity contribution in [1.82, 2.24) is 5.32 Å². The first-order chi connectivity index (χ1) is 16.7. The van der Waals surface area contributed by atoms with Gasteiger partial charge >= 0.3 is 11.9 Å². The summed E-state index contributed by atoms with van der Waals surface area (Å²) in [6, 6.07) is 3.07. The van der Waals surface area contributed by atoms with Gasteiger partial charge in [0.2, 0.25) is 5.75 Å². The van der Waals surface area contributed by atoms with Crippen molar-refractivity contribution >= 4 is 17.7 Å². The van der Waals surface area contributed by atoms with E-state index in [0.29, 0.717) is 23.4 Å². The van der Waals surface area contributed by atoms with Gasteiger partial charge in [0, 0.05) is 30.0 Å². The second kappa shape index (κ2) is 10.8. The molecule has 1 aliphatic heterocycles. The third-order valence-electron chi connectivity index (χ3n) is 6.32. The number of methoxy groups -OCH3 is 4. The second-order valence-electron chi connectivity index (χ2n) is 8.44. The summed E-state index contributed by atoms with van der Waals surface area (Å²) in [5, 5.41) is 13.6. The number of Topliss-reactive ketones (excluding diaryl/α,β-unsaturated/α-hetero) is 1. The maximum absolute atomic E-state index is 13.8. The minimum Gasteiger partial charge on any atom is -0.502 e. The largest absolute Gasteiger partial charge is 0.502 e. The molecule has 1 aliphatic carbocycles. The van der Waals surface area contributed by atoms with Crippen molar-refractivity contribution in [3.05, 3.63) is 40.2 Å². The molecule has 3 atom stereocenters. The number of carbonyl (C=O) groups is 3. The Morgan fingerprint density at radius 1 is 1.09 bits per heavy atom. The first-order valence-corrected chi connectivity index (χ1v) is 11.1. The fourth-order valence-electron chi connectivity index (χ4n) is 4.66. The Morgan fingerprint density at radius 3 is 2.26 bits per heavy atom. The summed E-state index contributed by atoms with van der Waals surface area (Å²) in [5.41, 5.74) is 2.04. The summed E-state index contributed by atoms with van der Waals surface area (Å²) in [6.07, 6.45) is 0.396. The van der Waals surface area contributed by atoms with Crippen LogP contribution in [0.5, 0.6) is 17.2 Å². The predicted molar refractivity (Wildman–Crippen MR) is 124 cm³/mol. The number of phenols is 1. The van der Waals surface area contributed by atoms with Crippen LogP contribution in [-0.4, -0.2) is 64.5 Å². The topological polar surface area (TPSA) is 130 Å². The zero-order chi connectivity index (χ0) is 25.9. The molecule has 3 rings (SSSR count). The summed E-state index contributed by atoms with van der Waals surface area (Å²) < 4.78 is 25.9. The molecular weight excluding hydrogens is 458 g/mol. The standard InChI is InChI=1S/C25H31NO9/c1-12-9-15-21(23(28)18(12)24(29)34-6)20(14-10-16(32-4)22(27)17(11-14)33-5)19(13(2)26-15)25(30)35-8-7-31-3/h10-12,18,20,26-27H,7-9H2,1-6H3/t12-,18-,20-/m1/s1. The summed E-state index contributed by atoms with van der Waals surface area (Å²) in [6.45, 7) is 3.74. The van der Waals surface area contributed by atoms with E-state index in [1.807, 2.05) is 0 Å². The van der Waals surface area contributed by atoms with E-state index in [9.17, 15) is 19.5 Å². The number of phenolic OH excluding ortho intramolecular Hbond substituents is 1. The van der Waals surface area contributed by atoms with Gasteiger partial charge in [-0.25, -0.2) is 4.79 Å². The van der Waals surface area contributed by atoms with E-state index in [1.165, 1.54) is 40.6 Å². The molecule has 190 valence electrons. The van der Waals surface area contributed by atoms with E-state index >= 15 is 0 Å². The molecule has 1 heterocycles. The van der Waals surface area contributed by atoms with Crippen molar-refractivity contribution in [3.8, 4) is 17.2 Å². The van der Waals surface area contributed by atoms with Crippen LogP contribution < -0.4 is 14.8 Å². The second-order valence-corrected chi connectivity index (χ2v) is 8.44. The number of ketones is 1. The molecule has 10 nitrogen and oxygen atoms in total. The van der Waals surface area contributed by atoms with Crippen molar-refractivity contribution in [2.24, 2.45) is 11.8 Å². The van der Waals surface area contributed by atoms with Gasteiger partial charge in [-0.15, -0.1) is 0 Å². The Morgan fingerprint density at radius 2 is 1.71 bits per heavy atom. The molecule has 0 amide bonds. The number of hydrogen-bond acceptors (Lipinski definition) is 10. The van der Waals surface area contributed by atoms with Crippen molar-refractivity contribution in [3.63, 3.8) is 0 Å². The van der Waals surface area contributed by atoms with Crippen molar-refractivity contribution in [2.75, 3.05) is 41.7 Å². The molecule has 0 saturated heterocycles. The summed E-state index contributed by atoms with van der Waals surface area (Å²) in [7, 11) is 5.49. The van der Waals surface area contributed by atoms with E-state index in [4.69, 9.17) is 23.7 Å². The lowest BCUT2D eigenvalue weighted by Gasteiger charge is -2.38. The molecule has 0 fully saturated rings. The summed E-state index contributed by atoms with van der Waals surface area (Å²) >= 11 is 0. The molecule has 35 heavy (non-hydrogen) atoms. The summed E-state index contributed by atoms with van der Waals surface area (Å²) in [4.78, 5) is 39.5. The lowest BCUT2D eigenvalue weighted by atomic mass is 9.69. The molecule has 1 aromatic carbocycles. The van der Waals surface area contributed by atoms with Gasteiger partial charge in [-0.3, -0.25) is 9.59 Å². The molecule has 2 aliphatic rings. The lowest BCUT2D eigenvalue weighted by molar-refractivity contribution is -0.151. The van der Waals surface area contributed by atoms with Crippen LogP contribution in [0.15, 0.2) is 34.7 Å². The average molecular weight is 490 g/mol. The maximum atomic E-state index is 13.8. The first kappa shape index (κ1) is 26.1. The number of dihydropyridines is 1. The number of carbonyl (C=O) groups excluding carboxylic acids is 3. The normalized spacial score (nSPS) is 21.8. The van der Waals surface area contributed by atoms with Crippen molar-refractivity contribution in [1.29, 1.82) is 0 Å². The predicted octanol–water partition coefficient (Wildman–Crippen LogP) is 2.21. The lowest BCUT2D eigenvalue weighted by Crippen LogP contribution is -2.43. The highest BCUT2D eigenvalue weighted by Gasteiger charge is 2.47. The molecule has 0 radical (unpaired) electrons. The van der Waals surface area contributed by atoms with E-state index < -0.39 is 29.6 Å². The number of benzene rings is 1. The minimum atomic E-state index is -1.02. The van der Waals surface area contributed by atoms with E-state index in [1.54, 1.807) is 13.8 Å². The Kier molecular flexibility index (Phi) is 8.06. The van der Waals surface area contributed by atoms with Gasteiger partial charge < -0.3 is 34.1 Å².